The molecule has 2 amide bonds. The fraction of sp³-hybridized carbons (Fsp3) is 0.286. The van der Waals surface area contributed by atoms with Crippen molar-refractivity contribution in [3.63, 3.8) is 0 Å². The van der Waals surface area contributed by atoms with E-state index in [1.165, 1.54) is 0 Å². The highest BCUT2D eigenvalue weighted by Crippen LogP contribution is 2.38. The quantitative estimate of drug-likeness (QED) is 0.553. The van der Waals surface area contributed by atoms with Crippen molar-refractivity contribution in [3.8, 4) is 0 Å². The number of benzene rings is 3. The minimum atomic E-state index is -1.26. The molecule has 36 heavy (non-hydrogen) atoms. The zero-order chi connectivity index (χ0) is 24.6. The second kappa shape index (κ2) is 9.57. The first-order chi connectivity index (χ1) is 17.6. The normalized spacial score (nSPS) is 29.6. The van der Waals surface area contributed by atoms with Gasteiger partial charge in [-0.3, -0.25) is 14.5 Å². The van der Waals surface area contributed by atoms with Gasteiger partial charge in [0, 0.05) is 5.56 Å². The molecule has 3 heterocycles. The SMILES string of the molecule is O=C1c2ccccc2C(=O)N1[C@@H]1[C@H](OCc2ccccc2)O[C@H]2CO[C@@H](c3ccccc3)O[C@H]2[C@@H]1O. The summed E-state index contributed by atoms with van der Waals surface area (Å²) < 4.78 is 24.3. The summed E-state index contributed by atoms with van der Waals surface area (Å²) in [6.07, 6.45) is -4.54. The zero-order valence-electron chi connectivity index (χ0n) is 19.3. The Morgan fingerprint density at radius 2 is 1.44 bits per heavy atom. The van der Waals surface area contributed by atoms with Gasteiger partial charge in [-0.15, -0.1) is 0 Å². The summed E-state index contributed by atoms with van der Waals surface area (Å²) in [5, 5.41) is 11.6. The van der Waals surface area contributed by atoms with E-state index in [1.54, 1.807) is 24.3 Å². The zero-order valence-corrected chi connectivity index (χ0v) is 19.3. The summed E-state index contributed by atoms with van der Waals surface area (Å²) in [5.74, 6) is -0.997. The van der Waals surface area contributed by atoms with Crippen LogP contribution in [0.2, 0.25) is 0 Å². The number of hydrogen-bond acceptors (Lipinski definition) is 7. The summed E-state index contributed by atoms with van der Waals surface area (Å²) in [6, 6.07) is 24.3. The lowest BCUT2D eigenvalue weighted by atomic mass is 9.94. The van der Waals surface area contributed by atoms with Gasteiger partial charge in [0.1, 0.15) is 24.4 Å². The highest BCUT2D eigenvalue weighted by molar-refractivity contribution is 6.21. The predicted molar refractivity (Wildman–Crippen MR) is 127 cm³/mol. The van der Waals surface area contributed by atoms with Gasteiger partial charge in [-0.25, -0.2) is 0 Å². The van der Waals surface area contributed by atoms with E-state index in [1.807, 2.05) is 60.7 Å². The number of amides is 2. The van der Waals surface area contributed by atoms with Crippen molar-refractivity contribution >= 4 is 11.8 Å². The second-order valence-corrected chi connectivity index (χ2v) is 9.02. The molecule has 0 aromatic heterocycles. The molecule has 0 unspecified atom stereocenters. The largest absolute Gasteiger partial charge is 0.388 e. The Hall–Kier alpha value is -3.40. The van der Waals surface area contributed by atoms with Crippen LogP contribution in [0.1, 0.15) is 38.1 Å². The Morgan fingerprint density at radius 3 is 2.11 bits per heavy atom. The molecule has 3 aliphatic heterocycles. The van der Waals surface area contributed by atoms with E-state index in [9.17, 15) is 14.7 Å². The molecule has 8 heteroatoms. The van der Waals surface area contributed by atoms with Crippen molar-refractivity contribution < 1.29 is 33.6 Å². The predicted octanol–water partition coefficient (Wildman–Crippen LogP) is 3.07. The molecule has 0 radical (unpaired) electrons. The summed E-state index contributed by atoms with van der Waals surface area (Å²) in [4.78, 5) is 27.7. The maximum Gasteiger partial charge on any atom is 0.262 e. The Labute approximate surface area is 208 Å². The maximum absolute atomic E-state index is 13.3. The fourth-order valence-corrected chi connectivity index (χ4v) is 5.00. The number of aliphatic hydroxyl groups is 1. The molecule has 2 fully saturated rings. The van der Waals surface area contributed by atoms with Gasteiger partial charge in [-0.05, 0) is 17.7 Å². The van der Waals surface area contributed by atoms with Crippen LogP contribution in [0.4, 0.5) is 0 Å². The molecule has 3 aliphatic rings. The Kier molecular flexibility index (Phi) is 6.12. The molecule has 0 spiro atoms. The second-order valence-electron chi connectivity index (χ2n) is 9.02. The average Bonchev–Trinajstić information content (AvgIpc) is 3.18. The molecule has 0 saturated carbocycles. The lowest BCUT2D eigenvalue weighted by molar-refractivity contribution is -0.350. The molecule has 8 nitrogen and oxygen atoms in total. The number of hydrogen-bond donors (Lipinski definition) is 1. The van der Waals surface area contributed by atoms with Gasteiger partial charge in [0.25, 0.3) is 11.8 Å². The molecule has 184 valence electrons. The van der Waals surface area contributed by atoms with Gasteiger partial charge in [0.15, 0.2) is 12.6 Å². The third kappa shape index (κ3) is 4.03. The number of aliphatic hydroxyl groups excluding tert-OH is 1. The van der Waals surface area contributed by atoms with Crippen LogP contribution in [0.25, 0.3) is 0 Å². The van der Waals surface area contributed by atoms with Crippen molar-refractivity contribution in [1.29, 1.82) is 0 Å². The van der Waals surface area contributed by atoms with E-state index in [0.717, 1.165) is 16.0 Å². The van der Waals surface area contributed by atoms with E-state index < -0.39 is 48.7 Å². The van der Waals surface area contributed by atoms with Gasteiger partial charge in [-0.1, -0.05) is 72.8 Å². The smallest absolute Gasteiger partial charge is 0.262 e. The summed E-state index contributed by atoms with van der Waals surface area (Å²) in [6.45, 7) is 0.324. The van der Waals surface area contributed by atoms with Crippen molar-refractivity contribution in [2.24, 2.45) is 0 Å². The molecular formula is C28H25NO7. The minimum Gasteiger partial charge on any atom is -0.388 e. The van der Waals surface area contributed by atoms with Crippen LogP contribution < -0.4 is 0 Å². The van der Waals surface area contributed by atoms with Crippen LogP contribution in [-0.2, 0) is 25.6 Å². The number of ether oxygens (including phenoxy) is 4. The van der Waals surface area contributed by atoms with E-state index >= 15 is 0 Å². The summed E-state index contributed by atoms with van der Waals surface area (Å²) in [5.41, 5.74) is 2.25. The molecule has 2 saturated heterocycles. The first kappa shape index (κ1) is 23.0. The van der Waals surface area contributed by atoms with Gasteiger partial charge in [0.2, 0.25) is 0 Å². The summed E-state index contributed by atoms with van der Waals surface area (Å²) >= 11 is 0. The summed E-state index contributed by atoms with van der Waals surface area (Å²) in [7, 11) is 0. The van der Waals surface area contributed by atoms with Crippen LogP contribution in [0.15, 0.2) is 84.9 Å². The van der Waals surface area contributed by atoms with Crippen LogP contribution in [0, 0.1) is 0 Å². The molecular weight excluding hydrogens is 462 g/mol. The van der Waals surface area contributed by atoms with Crippen molar-refractivity contribution in [3.05, 3.63) is 107 Å². The van der Waals surface area contributed by atoms with Gasteiger partial charge in [-0.2, -0.15) is 0 Å². The number of carbonyl (C=O) groups is 2. The lowest BCUT2D eigenvalue weighted by Gasteiger charge is -2.49. The van der Waals surface area contributed by atoms with Gasteiger partial charge >= 0.3 is 0 Å². The van der Waals surface area contributed by atoms with Crippen LogP contribution in [-0.4, -0.2) is 59.1 Å². The number of imide groups is 1. The van der Waals surface area contributed by atoms with E-state index in [2.05, 4.69) is 0 Å². The first-order valence-electron chi connectivity index (χ1n) is 11.9. The van der Waals surface area contributed by atoms with E-state index in [4.69, 9.17) is 18.9 Å². The van der Waals surface area contributed by atoms with Crippen molar-refractivity contribution in [2.75, 3.05) is 6.61 Å². The third-order valence-electron chi connectivity index (χ3n) is 6.79. The average molecular weight is 488 g/mol. The molecule has 0 bridgehead atoms. The van der Waals surface area contributed by atoms with E-state index in [-0.39, 0.29) is 24.3 Å². The number of carbonyl (C=O) groups excluding carboxylic acids is 2. The molecule has 3 aromatic carbocycles. The third-order valence-corrected chi connectivity index (χ3v) is 6.79. The van der Waals surface area contributed by atoms with Gasteiger partial charge in [0.05, 0.1) is 24.3 Å². The van der Waals surface area contributed by atoms with E-state index in [0.29, 0.717) is 0 Å². The first-order valence-corrected chi connectivity index (χ1v) is 11.9. The van der Waals surface area contributed by atoms with Gasteiger partial charge < -0.3 is 24.1 Å². The molecule has 1 N–H and O–H groups in total. The molecule has 3 aromatic rings. The molecule has 6 atom stereocenters. The highest BCUT2D eigenvalue weighted by Gasteiger charge is 2.55. The Morgan fingerprint density at radius 1 is 0.833 bits per heavy atom. The lowest BCUT2D eigenvalue weighted by Crippen LogP contribution is -2.67. The van der Waals surface area contributed by atoms with Crippen LogP contribution in [0.3, 0.4) is 0 Å². The minimum absolute atomic E-state index is 0.154. The van der Waals surface area contributed by atoms with Crippen molar-refractivity contribution in [2.45, 2.75) is 43.5 Å². The molecule has 0 aliphatic carbocycles. The fourth-order valence-electron chi connectivity index (χ4n) is 5.00. The van der Waals surface area contributed by atoms with Crippen molar-refractivity contribution in [1.82, 2.24) is 4.90 Å². The van der Waals surface area contributed by atoms with Crippen LogP contribution >= 0.6 is 0 Å². The Balaban J connectivity index is 1.31. The number of nitrogens with zero attached hydrogens (tertiary/aromatic N) is 1. The monoisotopic (exact) mass is 487 g/mol. The molecule has 6 rings (SSSR count). The number of rotatable bonds is 5. The topological polar surface area (TPSA) is 94.5 Å². The standard InChI is InChI=1S/C28H25NO7/c30-23-22(29-25(31)19-13-7-8-14-20(19)26(29)32)28(33-15-17-9-3-1-4-10-17)35-21-16-34-27(36-24(21)23)18-11-5-2-6-12-18/h1-14,21-24,27-28,30H,15-16H2/t21-,22-,23+,24+,27+,28+/m0/s1. The highest BCUT2D eigenvalue weighted by atomic mass is 16.7. The van der Waals surface area contributed by atoms with Crippen LogP contribution in [0.5, 0.6) is 0 Å². The maximum atomic E-state index is 13.3. The number of fused-ring (bicyclic) bond motifs is 2. The Bertz CT molecular complexity index is 1220.